The maximum Gasteiger partial charge on any atom is 0.339 e. The van der Waals surface area contributed by atoms with E-state index in [1.54, 1.807) is 30.3 Å². The first-order valence-electron chi connectivity index (χ1n) is 9.54. The summed E-state index contributed by atoms with van der Waals surface area (Å²) < 4.78 is 31.6. The van der Waals surface area contributed by atoms with Crippen LogP contribution in [0, 0.1) is 23.7 Å². The molecule has 2 aromatic carbocycles. The molecule has 2 aromatic rings. The maximum absolute atomic E-state index is 13.1. The van der Waals surface area contributed by atoms with E-state index in [1.165, 1.54) is 18.2 Å². The average Bonchev–Trinajstić information content (AvgIpc) is 3.37. The number of para-hydroxylation sites is 2. The summed E-state index contributed by atoms with van der Waals surface area (Å²) in [5.74, 6) is -0.537. The zero-order valence-electron chi connectivity index (χ0n) is 15.3. The molecule has 1 heterocycles. The fraction of sp³-hybridized carbons (Fsp3) is 0.333. The van der Waals surface area contributed by atoms with E-state index in [4.69, 9.17) is 4.18 Å². The van der Waals surface area contributed by atoms with Crippen LogP contribution >= 0.6 is 15.9 Å². The van der Waals surface area contributed by atoms with Gasteiger partial charge in [0.15, 0.2) is 5.75 Å². The second-order valence-electron chi connectivity index (χ2n) is 7.86. The van der Waals surface area contributed by atoms with Crippen molar-refractivity contribution in [3.05, 3.63) is 53.0 Å². The number of anilines is 1. The number of imide groups is 1. The van der Waals surface area contributed by atoms with Gasteiger partial charge in [-0.2, -0.15) is 8.42 Å². The molecule has 5 rings (SSSR count). The van der Waals surface area contributed by atoms with Crippen molar-refractivity contribution in [2.24, 2.45) is 23.7 Å². The molecule has 2 aliphatic carbocycles. The normalized spacial score (nSPS) is 28.1. The number of benzene rings is 2. The van der Waals surface area contributed by atoms with Crippen molar-refractivity contribution in [1.29, 1.82) is 0 Å². The summed E-state index contributed by atoms with van der Waals surface area (Å²) in [5, 5.41) is 0. The lowest BCUT2D eigenvalue weighted by atomic mass is 9.81. The number of carbonyl (C=O) groups is 2. The zero-order chi connectivity index (χ0) is 20.3. The van der Waals surface area contributed by atoms with E-state index < -0.39 is 10.1 Å². The molecule has 0 N–H and O–H groups in total. The number of halogens is 1. The van der Waals surface area contributed by atoms with E-state index in [2.05, 4.69) is 15.9 Å². The quantitative estimate of drug-likeness (QED) is 0.496. The van der Waals surface area contributed by atoms with E-state index in [1.807, 2.05) is 0 Å². The summed E-state index contributed by atoms with van der Waals surface area (Å²) in [6.45, 7) is 0. The highest BCUT2D eigenvalue weighted by Crippen LogP contribution is 2.57. The van der Waals surface area contributed by atoms with Crippen LogP contribution in [-0.4, -0.2) is 20.2 Å². The van der Waals surface area contributed by atoms with Gasteiger partial charge in [0.2, 0.25) is 11.8 Å². The molecule has 1 aliphatic heterocycles. The molecule has 3 fully saturated rings. The first-order chi connectivity index (χ1) is 13.9. The van der Waals surface area contributed by atoms with Crippen molar-refractivity contribution >= 4 is 43.5 Å². The van der Waals surface area contributed by atoms with Crippen LogP contribution in [0.3, 0.4) is 0 Å². The summed E-state index contributed by atoms with van der Waals surface area (Å²) in [5.41, 5.74) is 0.192. The molecular formula is C21H18BrNO5S. The highest BCUT2D eigenvalue weighted by atomic mass is 79.9. The van der Waals surface area contributed by atoms with Gasteiger partial charge in [0.1, 0.15) is 4.90 Å². The van der Waals surface area contributed by atoms with Gasteiger partial charge in [-0.1, -0.05) is 28.1 Å². The minimum Gasteiger partial charge on any atom is -0.377 e. The van der Waals surface area contributed by atoms with Gasteiger partial charge < -0.3 is 4.18 Å². The van der Waals surface area contributed by atoms with Crippen molar-refractivity contribution in [3.8, 4) is 5.75 Å². The van der Waals surface area contributed by atoms with Crippen LogP contribution in [0.5, 0.6) is 5.75 Å². The van der Waals surface area contributed by atoms with Gasteiger partial charge in [-0.25, -0.2) is 4.90 Å². The second kappa shape index (κ2) is 6.67. The number of rotatable bonds is 4. The molecule has 3 aliphatic rings. The largest absolute Gasteiger partial charge is 0.377 e. The lowest BCUT2D eigenvalue weighted by Crippen LogP contribution is -2.33. The van der Waals surface area contributed by atoms with Gasteiger partial charge in [-0.3, -0.25) is 9.59 Å². The lowest BCUT2D eigenvalue weighted by molar-refractivity contribution is -0.123. The number of amides is 2. The van der Waals surface area contributed by atoms with Crippen molar-refractivity contribution in [2.75, 3.05) is 4.90 Å². The topological polar surface area (TPSA) is 80.8 Å². The number of hydrogen-bond donors (Lipinski definition) is 0. The van der Waals surface area contributed by atoms with E-state index >= 15 is 0 Å². The number of fused-ring (bicyclic) bond motifs is 5. The lowest BCUT2D eigenvalue weighted by Gasteiger charge is -2.20. The van der Waals surface area contributed by atoms with Crippen LogP contribution in [0.15, 0.2) is 57.9 Å². The molecular weight excluding hydrogens is 458 g/mol. The molecule has 4 atom stereocenters. The van der Waals surface area contributed by atoms with E-state index in [0.29, 0.717) is 0 Å². The van der Waals surface area contributed by atoms with Gasteiger partial charge in [-0.05, 0) is 67.5 Å². The monoisotopic (exact) mass is 475 g/mol. The van der Waals surface area contributed by atoms with Crippen LogP contribution in [0.4, 0.5) is 5.69 Å². The van der Waals surface area contributed by atoms with Gasteiger partial charge in [0, 0.05) is 4.47 Å². The molecule has 0 spiro atoms. The molecule has 0 aromatic heterocycles. The third-order valence-electron chi connectivity index (χ3n) is 6.34. The smallest absolute Gasteiger partial charge is 0.339 e. The van der Waals surface area contributed by atoms with Crippen molar-refractivity contribution < 1.29 is 22.2 Å². The number of carbonyl (C=O) groups excluding carboxylic acids is 2. The van der Waals surface area contributed by atoms with Gasteiger partial charge >= 0.3 is 10.1 Å². The van der Waals surface area contributed by atoms with Crippen molar-refractivity contribution in [2.45, 2.75) is 24.2 Å². The van der Waals surface area contributed by atoms with Gasteiger partial charge in [-0.15, -0.1) is 0 Å². The zero-order valence-corrected chi connectivity index (χ0v) is 17.7. The molecule has 2 bridgehead atoms. The standard InChI is InChI=1S/C21H18BrNO5S/c22-14-7-9-15(10-8-14)29(26,27)28-17-4-2-1-3-16(17)23-20(24)18-12-5-6-13(11-12)19(18)21(23)25/h1-4,7-10,12-13,18-19H,5-6,11H2/t12-,13-,18-,19+/m0/s1. The van der Waals surface area contributed by atoms with Gasteiger partial charge in [0.25, 0.3) is 0 Å². The second-order valence-corrected chi connectivity index (χ2v) is 10.3. The van der Waals surface area contributed by atoms with E-state index in [0.717, 1.165) is 28.6 Å². The fourth-order valence-electron chi connectivity index (χ4n) is 5.13. The van der Waals surface area contributed by atoms with Crippen LogP contribution in [0.25, 0.3) is 0 Å². The minimum absolute atomic E-state index is 0.00973. The molecule has 6 nitrogen and oxygen atoms in total. The molecule has 2 saturated carbocycles. The molecule has 0 radical (unpaired) electrons. The molecule has 29 heavy (non-hydrogen) atoms. The Kier molecular flexibility index (Phi) is 4.33. The minimum atomic E-state index is -4.12. The van der Waals surface area contributed by atoms with Crippen LogP contribution in [0.2, 0.25) is 0 Å². The van der Waals surface area contributed by atoms with Crippen molar-refractivity contribution in [3.63, 3.8) is 0 Å². The highest BCUT2D eigenvalue weighted by Gasteiger charge is 2.61. The van der Waals surface area contributed by atoms with Crippen LogP contribution in [-0.2, 0) is 19.7 Å². The molecule has 0 unspecified atom stereocenters. The molecule has 2 amide bonds. The third kappa shape index (κ3) is 2.92. The Morgan fingerprint density at radius 2 is 1.48 bits per heavy atom. The Bertz CT molecular complexity index is 1090. The first kappa shape index (κ1) is 18.8. The summed E-state index contributed by atoms with van der Waals surface area (Å²) >= 11 is 3.27. The Labute approximate surface area is 177 Å². The fourth-order valence-corrected chi connectivity index (χ4v) is 6.33. The van der Waals surface area contributed by atoms with E-state index in [-0.39, 0.29) is 51.8 Å². The number of nitrogens with zero attached hydrogens (tertiary/aromatic N) is 1. The van der Waals surface area contributed by atoms with Gasteiger partial charge in [0.05, 0.1) is 17.5 Å². The molecule has 8 heteroatoms. The van der Waals surface area contributed by atoms with Crippen molar-refractivity contribution in [1.82, 2.24) is 0 Å². The predicted molar refractivity (Wildman–Crippen MR) is 109 cm³/mol. The molecule has 150 valence electrons. The molecule has 1 saturated heterocycles. The summed E-state index contributed by atoms with van der Waals surface area (Å²) in [7, 11) is -4.12. The summed E-state index contributed by atoms with van der Waals surface area (Å²) in [4.78, 5) is 27.4. The highest BCUT2D eigenvalue weighted by molar-refractivity contribution is 9.10. The average molecular weight is 476 g/mol. The predicted octanol–water partition coefficient (Wildman–Crippen LogP) is 3.75. The van der Waals surface area contributed by atoms with Crippen LogP contribution in [0.1, 0.15) is 19.3 Å². The summed E-state index contributed by atoms with van der Waals surface area (Å²) in [6, 6.07) is 12.4. The SMILES string of the molecule is O=C1[C@@H]2[C@H]3CC[C@@H](C3)[C@@H]2C(=O)N1c1ccccc1OS(=O)(=O)c1ccc(Br)cc1. The van der Waals surface area contributed by atoms with Crippen LogP contribution < -0.4 is 9.08 Å². The summed E-state index contributed by atoms with van der Waals surface area (Å²) in [6.07, 6.45) is 2.90. The first-order valence-corrected chi connectivity index (χ1v) is 11.7. The maximum atomic E-state index is 13.1. The Morgan fingerprint density at radius 1 is 0.897 bits per heavy atom. The third-order valence-corrected chi connectivity index (χ3v) is 8.11. The Balaban J connectivity index is 1.50. The number of hydrogen-bond acceptors (Lipinski definition) is 5. The Morgan fingerprint density at radius 3 is 2.10 bits per heavy atom. The Hall–Kier alpha value is -2.19. The van der Waals surface area contributed by atoms with E-state index in [9.17, 15) is 18.0 Å².